The van der Waals surface area contributed by atoms with Gasteiger partial charge in [0.15, 0.2) is 0 Å². The van der Waals surface area contributed by atoms with Crippen LogP contribution < -0.4 is 0 Å². The van der Waals surface area contributed by atoms with E-state index in [-0.39, 0.29) is 5.41 Å². The van der Waals surface area contributed by atoms with Gasteiger partial charge in [-0.1, -0.05) is 45.0 Å². The van der Waals surface area contributed by atoms with E-state index >= 15 is 0 Å². The van der Waals surface area contributed by atoms with Gasteiger partial charge in [-0.05, 0) is 34.1 Å². The van der Waals surface area contributed by atoms with Gasteiger partial charge in [0.2, 0.25) is 0 Å². The second kappa shape index (κ2) is 3.82. The summed E-state index contributed by atoms with van der Waals surface area (Å²) >= 11 is 1.80. The van der Waals surface area contributed by atoms with E-state index in [1.165, 1.54) is 16.0 Å². The fourth-order valence-electron chi connectivity index (χ4n) is 1.58. The minimum Gasteiger partial charge on any atom is -0.144 e. The van der Waals surface area contributed by atoms with Crippen molar-refractivity contribution in [3.8, 4) is 10.4 Å². The molecule has 1 heteroatoms. The lowest BCUT2D eigenvalue weighted by Gasteiger charge is -2.19. The van der Waals surface area contributed by atoms with Crippen LogP contribution in [0.15, 0.2) is 41.8 Å². The largest absolute Gasteiger partial charge is 0.144 e. The first kappa shape index (κ1) is 10.4. The molecule has 0 unspecified atom stereocenters. The monoisotopic (exact) mass is 216 g/mol. The fourth-order valence-corrected chi connectivity index (χ4v) is 2.31. The molecule has 1 aromatic carbocycles. The molecular formula is C14H16S. The molecule has 0 atom stereocenters. The Bertz CT molecular complexity index is 433. The van der Waals surface area contributed by atoms with E-state index < -0.39 is 0 Å². The van der Waals surface area contributed by atoms with Crippen LogP contribution in [-0.4, -0.2) is 0 Å². The Hall–Kier alpha value is -1.08. The molecule has 0 fully saturated rings. The Morgan fingerprint density at radius 2 is 1.80 bits per heavy atom. The van der Waals surface area contributed by atoms with Crippen LogP contribution in [0, 0.1) is 0 Å². The number of thiophene rings is 1. The maximum atomic E-state index is 2.30. The third kappa shape index (κ3) is 2.29. The molecule has 0 radical (unpaired) electrons. The van der Waals surface area contributed by atoms with E-state index in [1.54, 1.807) is 11.3 Å². The summed E-state index contributed by atoms with van der Waals surface area (Å²) < 4.78 is 0. The van der Waals surface area contributed by atoms with Crippen molar-refractivity contribution >= 4 is 11.3 Å². The Morgan fingerprint density at radius 3 is 2.40 bits per heavy atom. The van der Waals surface area contributed by atoms with Gasteiger partial charge in [-0.25, -0.2) is 0 Å². The third-order valence-corrected chi connectivity index (χ3v) is 3.45. The highest BCUT2D eigenvalue weighted by Gasteiger charge is 2.13. The summed E-state index contributed by atoms with van der Waals surface area (Å²) in [5.74, 6) is 0. The Morgan fingerprint density at radius 1 is 1.00 bits per heavy atom. The molecule has 2 rings (SSSR count). The van der Waals surface area contributed by atoms with E-state index in [2.05, 4.69) is 62.5 Å². The van der Waals surface area contributed by atoms with E-state index in [1.807, 2.05) is 0 Å². The molecule has 0 aliphatic carbocycles. The van der Waals surface area contributed by atoms with Crippen molar-refractivity contribution in [2.45, 2.75) is 26.2 Å². The average molecular weight is 216 g/mol. The second-order valence-corrected chi connectivity index (χ2v) is 5.76. The number of benzene rings is 1. The van der Waals surface area contributed by atoms with E-state index in [4.69, 9.17) is 0 Å². The normalized spacial score (nSPS) is 11.7. The van der Waals surface area contributed by atoms with Crippen LogP contribution in [0.2, 0.25) is 0 Å². The molecule has 0 spiro atoms. The fraction of sp³-hybridized carbons (Fsp3) is 0.286. The summed E-state index contributed by atoms with van der Waals surface area (Å²) in [6.45, 7) is 6.75. The quantitative estimate of drug-likeness (QED) is 0.647. The lowest BCUT2D eigenvalue weighted by Crippen LogP contribution is -2.10. The standard InChI is InChI=1S/C14H16S/c1-14(2,3)12-7-4-6-11(10-12)13-8-5-9-15-13/h4-10H,1-3H3. The SMILES string of the molecule is CC(C)(C)c1cccc(-c2cccs2)c1. The molecule has 0 N–H and O–H groups in total. The molecule has 0 amide bonds. The Labute approximate surface area is 95.6 Å². The molecule has 1 aromatic heterocycles. The number of rotatable bonds is 1. The van der Waals surface area contributed by atoms with Crippen LogP contribution in [0.3, 0.4) is 0 Å². The van der Waals surface area contributed by atoms with Crippen LogP contribution in [0.5, 0.6) is 0 Å². The van der Waals surface area contributed by atoms with Gasteiger partial charge in [0.1, 0.15) is 0 Å². The third-order valence-electron chi connectivity index (χ3n) is 2.53. The predicted molar refractivity (Wildman–Crippen MR) is 68.5 cm³/mol. The van der Waals surface area contributed by atoms with Crippen LogP contribution in [0.4, 0.5) is 0 Å². The summed E-state index contributed by atoms with van der Waals surface area (Å²) in [7, 11) is 0. The summed E-state index contributed by atoms with van der Waals surface area (Å²) in [4.78, 5) is 1.35. The van der Waals surface area contributed by atoms with Gasteiger partial charge in [-0.2, -0.15) is 0 Å². The van der Waals surface area contributed by atoms with Crippen molar-refractivity contribution in [3.05, 3.63) is 47.3 Å². The molecular weight excluding hydrogens is 200 g/mol. The van der Waals surface area contributed by atoms with Crippen molar-refractivity contribution in [2.24, 2.45) is 0 Å². The summed E-state index contributed by atoms with van der Waals surface area (Å²) in [5, 5.41) is 2.12. The van der Waals surface area contributed by atoms with Crippen molar-refractivity contribution in [1.29, 1.82) is 0 Å². The van der Waals surface area contributed by atoms with Gasteiger partial charge in [0.05, 0.1) is 0 Å². The smallest absolute Gasteiger partial charge is 0.0342 e. The zero-order chi connectivity index (χ0) is 10.9. The highest BCUT2D eigenvalue weighted by Crippen LogP contribution is 2.29. The maximum absolute atomic E-state index is 2.30. The highest BCUT2D eigenvalue weighted by molar-refractivity contribution is 7.13. The first-order chi connectivity index (χ1) is 7.07. The second-order valence-electron chi connectivity index (χ2n) is 4.81. The molecule has 1 heterocycles. The lowest BCUT2D eigenvalue weighted by molar-refractivity contribution is 0.590. The molecule has 2 aromatic rings. The van der Waals surface area contributed by atoms with Gasteiger partial charge in [0, 0.05) is 4.88 Å². The van der Waals surface area contributed by atoms with Crippen molar-refractivity contribution in [3.63, 3.8) is 0 Å². The van der Waals surface area contributed by atoms with Crippen LogP contribution in [0.25, 0.3) is 10.4 Å². The predicted octanol–water partition coefficient (Wildman–Crippen LogP) is 4.71. The van der Waals surface area contributed by atoms with Gasteiger partial charge in [-0.15, -0.1) is 11.3 Å². The van der Waals surface area contributed by atoms with E-state index in [0.717, 1.165) is 0 Å². The van der Waals surface area contributed by atoms with Gasteiger partial charge < -0.3 is 0 Å². The zero-order valence-corrected chi connectivity index (χ0v) is 10.3. The summed E-state index contributed by atoms with van der Waals surface area (Å²) in [5.41, 5.74) is 2.96. The molecule has 78 valence electrons. The van der Waals surface area contributed by atoms with Crippen LogP contribution >= 0.6 is 11.3 Å². The Kier molecular flexibility index (Phi) is 2.66. The first-order valence-electron chi connectivity index (χ1n) is 5.22. The van der Waals surface area contributed by atoms with Crippen molar-refractivity contribution < 1.29 is 0 Å². The minimum absolute atomic E-state index is 0.229. The lowest BCUT2D eigenvalue weighted by atomic mass is 9.86. The van der Waals surface area contributed by atoms with Gasteiger partial charge >= 0.3 is 0 Å². The number of hydrogen-bond donors (Lipinski definition) is 0. The molecule has 0 aliphatic rings. The van der Waals surface area contributed by atoms with E-state index in [9.17, 15) is 0 Å². The number of hydrogen-bond acceptors (Lipinski definition) is 1. The first-order valence-corrected chi connectivity index (χ1v) is 6.10. The van der Waals surface area contributed by atoms with Crippen LogP contribution in [-0.2, 0) is 5.41 Å². The highest BCUT2D eigenvalue weighted by atomic mass is 32.1. The van der Waals surface area contributed by atoms with Crippen molar-refractivity contribution in [1.82, 2.24) is 0 Å². The molecule has 0 bridgehead atoms. The zero-order valence-electron chi connectivity index (χ0n) is 9.45. The average Bonchev–Trinajstić information content (AvgIpc) is 2.69. The minimum atomic E-state index is 0.229. The summed E-state index contributed by atoms with van der Waals surface area (Å²) in [6.07, 6.45) is 0. The maximum Gasteiger partial charge on any atom is 0.0342 e. The summed E-state index contributed by atoms with van der Waals surface area (Å²) in [6, 6.07) is 13.1. The Balaban J connectivity index is 2.44. The van der Waals surface area contributed by atoms with Gasteiger partial charge in [0.25, 0.3) is 0 Å². The molecule has 0 saturated heterocycles. The van der Waals surface area contributed by atoms with Crippen LogP contribution in [0.1, 0.15) is 26.3 Å². The topological polar surface area (TPSA) is 0 Å². The molecule has 0 saturated carbocycles. The van der Waals surface area contributed by atoms with E-state index in [0.29, 0.717) is 0 Å². The van der Waals surface area contributed by atoms with Crippen molar-refractivity contribution in [2.75, 3.05) is 0 Å². The molecule has 0 nitrogen and oxygen atoms in total. The molecule has 15 heavy (non-hydrogen) atoms. The molecule has 0 aliphatic heterocycles. The van der Waals surface area contributed by atoms with Gasteiger partial charge in [-0.3, -0.25) is 0 Å².